The van der Waals surface area contributed by atoms with Crippen LogP contribution in [0, 0.1) is 0 Å². The first kappa shape index (κ1) is 17.9. The van der Waals surface area contributed by atoms with Crippen molar-refractivity contribution in [3.63, 3.8) is 0 Å². The molecule has 0 radical (unpaired) electrons. The molecule has 6 N–H and O–H groups in total. The van der Waals surface area contributed by atoms with Crippen molar-refractivity contribution in [3.05, 3.63) is 0 Å². The van der Waals surface area contributed by atoms with E-state index in [0.717, 1.165) is 0 Å². The van der Waals surface area contributed by atoms with E-state index in [1.165, 1.54) is 4.90 Å². The Labute approximate surface area is 126 Å². The van der Waals surface area contributed by atoms with Crippen molar-refractivity contribution in [2.45, 2.75) is 24.9 Å². The lowest BCUT2D eigenvalue weighted by molar-refractivity contribution is -0.141. The van der Waals surface area contributed by atoms with Crippen LogP contribution < -0.4 is 16.4 Å². The number of likely N-dealkylation sites (tertiary alicyclic amines) is 1. The van der Waals surface area contributed by atoms with Gasteiger partial charge in [0, 0.05) is 6.54 Å². The molecular weight excluding hydrogens is 296 g/mol. The number of rotatable bonds is 7. The van der Waals surface area contributed by atoms with E-state index in [2.05, 4.69) is 10.6 Å². The van der Waals surface area contributed by atoms with Crippen molar-refractivity contribution < 1.29 is 29.4 Å². The number of hydrogen-bond acceptors (Lipinski definition) is 6. The van der Waals surface area contributed by atoms with E-state index in [-0.39, 0.29) is 6.54 Å². The van der Waals surface area contributed by atoms with Crippen molar-refractivity contribution >= 4 is 23.7 Å². The summed E-state index contributed by atoms with van der Waals surface area (Å²) < 4.78 is 0. The van der Waals surface area contributed by atoms with Crippen molar-refractivity contribution in [1.82, 2.24) is 15.5 Å². The normalized spacial score (nSPS) is 18.6. The molecule has 2 atom stereocenters. The molecule has 1 heterocycles. The van der Waals surface area contributed by atoms with Gasteiger partial charge in [-0.3, -0.25) is 19.2 Å². The summed E-state index contributed by atoms with van der Waals surface area (Å²) in [6.07, 6.45) is 1.04. The van der Waals surface area contributed by atoms with Gasteiger partial charge in [-0.25, -0.2) is 0 Å². The average Bonchev–Trinajstić information content (AvgIpc) is 2.98. The smallest absolute Gasteiger partial charge is 0.322 e. The number of carbonyl (C=O) groups excluding carboxylic acids is 3. The Morgan fingerprint density at radius 1 is 1.23 bits per heavy atom. The molecule has 124 valence electrons. The first-order valence-corrected chi connectivity index (χ1v) is 6.80. The third-order valence-electron chi connectivity index (χ3n) is 3.24. The van der Waals surface area contributed by atoms with Crippen LogP contribution in [0.3, 0.4) is 0 Å². The fourth-order valence-electron chi connectivity index (χ4n) is 2.10. The van der Waals surface area contributed by atoms with Crippen molar-refractivity contribution in [1.29, 1.82) is 0 Å². The lowest BCUT2D eigenvalue weighted by atomic mass is 10.2. The minimum Gasteiger partial charge on any atom is -0.480 e. The SMILES string of the molecule is NC(CO)C(=O)NCC(=O)N1CCCC1C(=O)NCC(=O)O. The number of nitrogens with two attached hydrogens (primary N) is 1. The van der Waals surface area contributed by atoms with Gasteiger partial charge in [0.2, 0.25) is 17.7 Å². The fourth-order valence-corrected chi connectivity index (χ4v) is 2.10. The Morgan fingerprint density at radius 3 is 2.50 bits per heavy atom. The first-order chi connectivity index (χ1) is 10.4. The Balaban J connectivity index is 2.51. The zero-order valence-corrected chi connectivity index (χ0v) is 11.9. The average molecular weight is 316 g/mol. The zero-order chi connectivity index (χ0) is 16.7. The summed E-state index contributed by atoms with van der Waals surface area (Å²) in [5.41, 5.74) is 5.29. The molecule has 0 saturated carbocycles. The molecule has 1 fully saturated rings. The standard InChI is InChI=1S/C12H20N4O6/c13-7(6-17)11(21)14-4-9(18)16-3-1-2-8(16)12(22)15-5-10(19)20/h7-8,17H,1-6,13H2,(H,14,21)(H,15,22)(H,19,20). The van der Waals surface area contributed by atoms with Crippen LogP contribution in [0.1, 0.15) is 12.8 Å². The topological polar surface area (TPSA) is 162 Å². The number of nitrogens with one attached hydrogen (secondary N) is 2. The summed E-state index contributed by atoms with van der Waals surface area (Å²) in [6, 6.07) is -1.85. The van der Waals surface area contributed by atoms with Gasteiger partial charge in [0.05, 0.1) is 13.2 Å². The van der Waals surface area contributed by atoms with E-state index in [9.17, 15) is 19.2 Å². The minimum absolute atomic E-state index is 0.338. The molecule has 0 aromatic carbocycles. The van der Waals surface area contributed by atoms with Crippen molar-refractivity contribution in [2.75, 3.05) is 26.2 Å². The van der Waals surface area contributed by atoms with Crippen LogP contribution >= 0.6 is 0 Å². The molecule has 1 aliphatic rings. The van der Waals surface area contributed by atoms with Gasteiger partial charge in [-0.05, 0) is 12.8 Å². The maximum Gasteiger partial charge on any atom is 0.322 e. The molecule has 1 rings (SSSR count). The number of aliphatic hydroxyl groups excluding tert-OH is 1. The lowest BCUT2D eigenvalue weighted by Gasteiger charge is -2.24. The highest BCUT2D eigenvalue weighted by molar-refractivity contribution is 5.92. The monoisotopic (exact) mass is 316 g/mol. The van der Waals surface area contributed by atoms with E-state index in [1.807, 2.05) is 0 Å². The van der Waals surface area contributed by atoms with Crippen molar-refractivity contribution in [3.8, 4) is 0 Å². The van der Waals surface area contributed by atoms with Gasteiger partial charge >= 0.3 is 5.97 Å². The Morgan fingerprint density at radius 2 is 1.91 bits per heavy atom. The lowest BCUT2D eigenvalue weighted by Crippen LogP contribution is -2.51. The van der Waals surface area contributed by atoms with Crippen LogP contribution in [0.15, 0.2) is 0 Å². The molecule has 10 heteroatoms. The Bertz CT molecular complexity index is 455. The van der Waals surface area contributed by atoms with E-state index in [0.29, 0.717) is 19.4 Å². The van der Waals surface area contributed by atoms with Crippen LogP contribution in [0.25, 0.3) is 0 Å². The number of aliphatic carboxylic acids is 1. The van der Waals surface area contributed by atoms with Gasteiger partial charge in [0.1, 0.15) is 18.6 Å². The van der Waals surface area contributed by atoms with Gasteiger partial charge in [0.15, 0.2) is 0 Å². The van der Waals surface area contributed by atoms with Crippen LogP contribution in [0.2, 0.25) is 0 Å². The molecule has 0 aromatic heterocycles. The van der Waals surface area contributed by atoms with E-state index >= 15 is 0 Å². The summed E-state index contributed by atoms with van der Waals surface area (Å²) in [5, 5.41) is 21.8. The van der Waals surface area contributed by atoms with Crippen LogP contribution in [0.4, 0.5) is 0 Å². The quantitative estimate of drug-likeness (QED) is 0.327. The summed E-state index contributed by atoms with van der Waals surface area (Å²) in [6.45, 7) is -1.04. The second-order valence-electron chi connectivity index (χ2n) is 4.86. The van der Waals surface area contributed by atoms with Gasteiger partial charge in [0.25, 0.3) is 0 Å². The molecule has 2 unspecified atom stereocenters. The number of hydrogen-bond donors (Lipinski definition) is 5. The summed E-state index contributed by atoms with van der Waals surface area (Å²) in [4.78, 5) is 47.0. The number of nitrogens with zero attached hydrogens (tertiary/aromatic N) is 1. The zero-order valence-electron chi connectivity index (χ0n) is 11.9. The minimum atomic E-state index is -1.17. The summed E-state index contributed by atoms with van der Waals surface area (Å²) in [5.74, 6) is -2.84. The molecular formula is C12H20N4O6. The van der Waals surface area contributed by atoms with E-state index < -0.39 is 48.9 Å². The van der Waals surface area contributed by atoms with Crippen LogP contribution in [0.5, 0.6) is 0 Å². The molecule has 0 spiro atoms. The molecule has 0 bridgehead atoms. The van der Waals surface area contributed by atoms with Crippen molar-refractivity contribution in [2.24, 2.45) is 5.73 Å². The molecule has 3 amide bonds. The third kappa shape index (κ3) is 4.97. The van der Waals surface area contributed by atoms with Crippen LogP contribution in [-0.4, -0.2) is 77.1 Å². The Kier molecular flexibility index (Phi) is 6.73. The van der Waals surface area contributed by atoms with Gasteiger partial charge in [-0.2, -0.15) is 0 Å². The molecule has 1 aliphatic heterocycles. The maximum atomic E-state index is 12.0. The molecule has 10 nitrogen and oxygen atoms in total. The largest absolute Gasteiger partial charge is 0.480 e. The summed E-state index contributed by atoms with van der Waals surface area (Å²) in [7, 11) is 0. The molecule has 0 aliphatic carbocycles. The van der Waals surface area contributed by atoms with Gasteiger partial charge in [-0.15, -0.1) is 0 Å². The second kappa shape index (κ2) is 8.29. The predicted octanol–water partition coefficient (Wildman–Crippen LogP) is -3.39. The maximum absolute atomic E-state index is 12.0. The van der Waals surface area contributed by atoms with E-state index in [1.54, 1.807) is 0 Å². The molecule has 22 heavy (non-hydrogen) atoms. The molecule has 1 saturated heterocycles. The fraction of sp³-hybridized carbons (Fsp3) is 0.667. The van der Waals surface area contributed by atoms with Gasteiger partial charge < -0.3 is 31.5 Å². The van der Waals surface area contributed by atoms with Gasteiger partial charge in [-0.1, -0.05) is 0 Å². The summed E-state index contributed by atoms with van der Waals surface area (Å²) >= 11 is 0. The first-order valence-electron chi connectivity index (χ1n) is 6.80. The highest BCUT2D eigenvalue weighted by Crippen LogP contribution is 2.17. The number of carboxylic acid groups (broad SMARTS) is 1. The number of carbonyl (C=O) groups is 4. The third-order valence-corrected chi connectivity index (χ3v) is 3.24. The highest BCUT2D eigenvalue weighted by atomic mass is 16.4. The number of amides is 3. The Hall–Kier alpha value is -2.20. The van der Waals surface area contributed by atoms with E-state index in [4.69, 9.17) is 15.9 Å². The highest BCUT2D eigenvalue weighted by Gasteiger charge is 2.34. The van der Waals surface area contributed by atoms with Crippen LogP contribution in [-0.2, 0) is 19.2 Å². The predicted molar refractivity (Wildman–Crippen MR) is 73.5 cm³/mol. The number of carboxylic acids is 1. The second-order valence-corrected chi connectivity index (χ2v) is 4.86. The number of aliphatic hydroxyl groups is 1. The molecule has 0 aromatic rings.